The summed E-state index contributed by atoms with van der Waals surface area (Å²) in [5, 5.41) is 20.2. The average Bonchev–Trinajstić information content (AvgIpc) is 2.89. The van der Waals surface area contributed by atoms with Crippen LogP contribution in [0.5, 0.6) is 0 Å². The number of unbranched alkanes of at least 4 members (excludes halogenated alkanes) is 2. The van der Waals surface area contributed by atoms with Gasteiger partial charge in [0.1, 0.15) is 0 Å². The van der Waals surface area contributed by atoms with Gasteiger partial charge < -0.3 is 15.5 Å². The molecule has 5 heteroatoms. The van der Waals surface area contributed by atoms with Crippen LogP contribution in [0.25, 0.3) is 0 Å². The van der Waals surface area contributed by atoms with Gasteiger partial charge in [-0.3, -0.25) is 9.59 Å². The number of hydrogen-bond acceptors (Lipinski definition) is 3. The maximum absolute atomic E-state index is 10.9. The second-order valence-corrected chi connectivity index (χ2v) is 4.32. The normalized spacial score (nSPS) is 27.7. The van der Waals surface area contributed by atoms with Crippen molar-refractivity contribution in [2.24, 2.45) is 11.8 Å². The number of carbonyl (C=O) groups is 2. The molecule has 0 aromatic heterocycles. The Hall–Kier alpha value is -1.10. The zero-order chi connectivity index (χ0) is 12.1. The SMILES string of the molecule is CCCCCC1C(NCC(=O)O)C1C(=O)O. The molecule has 0 heterocycles. The summed E-state index contributed by atoms with van der Waals surface area (Å²) in [6.45, 7) is 1.94. The lowest BCUT2D eigenvalue weighted by Gasteiger charge is -1.99. The Kier molecular flexibility index (Phi) is 4.73. The van der Waals surface area contributed by atoms with E-state index in [-0.39, 0.29) is 18.5 Å². The molecule has 3 atom stereocenters. The fourth-order valence-electron chi connectivity index (χ4n) is 2.18. The molecule has 16 heavy (non-hydrogen) atoms. The summed E-state index contributed by atoms with van der Waals surface area (Å²) in [5.41, 5.74) is 0. The van der Waals surface area contributed by atoms with Crippen molar-refractivity contribution in [1.29, 1.82) is 0 Å². The molecule has 0 aromatic carbocycles. The Labute approximate surface area is 94.8 Å². The van der Waals surface area contributed by atoms with Crippen molar-refractivity contribution in [3.63, 3.8) is 0 Å². The highest BCUT2D eigenvalue weighted by molar-refractivity contribution is 5.76. The minimum Gasteiger partial charge on any atom is -0.481 e. The lowest BCUT2D eigenvalue weighted by atomic mass is 10.1. The average molecular weight is 229 g/mol. The van der Waals surface area contributed by atoms with Crippen molar-refractivity contribution in [2.45, 2.75) is 38.6 Å². The lowest BCUT2D eigenvalue weighted by Crippen LogP contribution is -2.27. The number of carboxylic acids is 2. The minimum absolute atomic E-state index is 0.114. The molecular formula is C11H19NO4. The molecule has 1 rings (SSSR count). The Morgan fingerprint density at radius 1 is 1.25 bits per heavy atom. The number of carboxylic acid groups (broad SMARTS) is 2. The van der Waals surface area contributed by atoms with Crippen LogP contribution >= 0.6 is 0 Å². The van der Waals surface area contributed by atoms with Crippen molar-refractivity contribution < 1.29 is 19.8 Å². The smallest absolute Gasteiger partial charge is 0.317 e. The van der Waals surface area contributed by atoms with Gasteiger partial charge in [0.2, 0.25) is 0 Å². The van der Waals surface area contributed by atoms with Crippen LogP contribution in [0.3, 0.4) is 0 Å². The van der Waals surface area contributed by atoms with Crippen LogP contribution in [0.4, 0.5) is 0 Å². The molecule has 0 saturated heterocycles. The van der Waals surface area contributed by atoms with Gasteiger partial charge in [-0.05, 0) is 12.3 Å². The molecule has 0 bridgehead atoms. The fourth-order valence-corrected chi connectivity index (χ4v) is 2.18. The number of hydrogen-bond donors (Lipinski definition) is 3. The highest BCUT2D eigenvalue weighted by Crippen LogP contribution is 2.43. The summed E-state index contributed by atoms with van der Waals surface area (Å²) >= 11 is 0. The molecule has 1 aliphatic carbocycles. The number of aliphatic carboxylic acids is 2. The molecular weight excluding hydrogens is 210 g/mol. The molecule has 0 radical (unpaired) electrons. The summed E-state index contributed by atoms with van der Waals surface area (Å²) in [6, 6.07) is -0.148. The van der Waals surface area contributed by atoms with Crippen molar-refractivity contribution >= 4 is 11.9 Å². The molecule has 0 aromatic rings. The van der Waals surface area contributed by atoms with Crippen LogP contribution in [0.2, 0.25) is 0 Å². The van der Waals surface area contributed by atoms with Crippen LogP contribution in [0, 0.1) is 11.8 Å². The predicted molar refractivity (Wildman–Crippen MR) is 58.2 cm³/mol. The van der Waals surface area contributed by atoms with E-state index in [2.05, 4.69) is 12.2 Å². The molecule has 1 fully saturated rings. The van der Waals surface area contributed by atoms with Crippen LogP contribution in [0.15, 0.2) is 0 Å². The zero-order valence-electron chi connectivity index (χ0n) is 9.48. The first-order valence-electron chi connectivity index (χ1n) is 5.76. The highest BCUT2D eigenvalue weighted by Gasteiger charge is 2.54. The van der Waals surface area contributed by atoms with Gasteiger partial charge in [-0.25, -0.2) is 0 Å². The Morgan fingerprint density at radius 3 is 2.44 bits per heavy atom. The second kappa shape index (κ2) is 5.84. The first-order valence-corrected chi connectivity index (χ1v) is 5.76. The molecule has 0 aliphatic heterocycles. The monoisotopic (exact) mass is 229 g/mol. The quantitative estimate of drug-likeness (QED) is 0.539. The summed E-state index contributed by atoms with van der Waals surface area (Å²) in [5.74, 6) is -2.03. The van der Waals surface area contributed by atoms with E-state index in [1.165, 1.54) is 0 Å². The van der Waals surface area contributed by atoms with E-state index in [1.54, 1.807) is 0 Å². The van der Waals surface area contributed by atoms with E-state index in [4.69, 9.17) is 10.2 Å². The largest absolute Gasteiger partial charge is 0.481 e. The molecule has 0 spiro atoms. The maximum atomic E-state index is 10.9. The Balaban J connectivity index is 2.31. The van der Waals surface area contributed by atoms with Crippen LogP contribution < -0.4 is 5.32 Å². The molecule has 3 unspecified atom stereocenters. The highest BCUT2D eigenvalue weighted by atomic mass is 16.4. The lowest BCUT2D eigenvalue weighted by molar-refractivity contribution is -0.139. The van der Waals surface area contributed by atoms with Crippen molar-refractivity contribution in [2.75, 3.05) is 6.54 Å². The summed E-state index contributed by atoms with van der Waals surface area (Å²) in [7, 11) is 0. The molecule has 3 N–H and O–H groups in total. The van der Waals surface area contributed by atoms with Crippen LogP contribution in [0.1, 0.15) is 32.6 Å². The van der Waals surface area contributed by atoms with Crippen LogP contribution in [-0.2, 0) is 9.59 Å². The third kappa shape index (κ3) is 3.48. The standard InChI is InChI=1S/C11H19NO4/c1-2-3-4-5-7-9(11(15)16)10(7)12-6-8(13)14/h7,9-10,12H,2-6H2,1H3,(H,13,14)(H,15,16). The molecule has 92 valence electrons. The molecule has 1 aliphatic rings. The van der Waals surface area contributed by atoms with Gasteiger partial charge in [-0.2, -0.15) is 0 Å². The maximum Gasteiger partial charge on any atom is 0.317 e. The summed E-state index contributed by atoms with van der Waals surface area (Å²) < 4.78 is 0. The zero-order valence-corrected chi connectivity index (χ0v) is 9.48. The van der Waals surface area contributed by atoms with E-state index in [1.807, 2.05) is 0 Å². The third-order valence-corrected chi connectivity index (χ3v) is 3.08. The molecule has 0 amide bonds. The van der Waals surface area contributed by atoms with E-state index in [0.717, 1.165) is 25.7 Å². The Bertz CT molecular complexity index is 267. The van der Waals surface area contributed by atoms with Gasteiger partial charge in [-0.15, -0.1) is 0 Å². The van der Waals surface area contributed by atoms with E-state index in [0.29, 0.717) is 0 Å². The minimum atomic E-state index is -0.941. The molecule has 1 saturated carbocycles. The van der Waals surface area contributed by atoms with Gasteiger partial charge in [0.05, 0.1) is 12.5 Å². The van der Waals surface area contributed by atoms with Gasteiger partial charge in [0, 0.05) is 6.04 Å². The third-order valence-electron chi connectivity index (χ3n) is 3.08. The van der Waals surface area contributed by atoms with Gasteiger partial charge in [0.15, 0.2) is 0 Å². The fraction of sp³-hybridized carbons (Fsp3) is 0.818. The van der Waals surface area contributed by atoms with Crippen molar-refractivity contribution in [1.82, 2.24) is 5.32 Å². The first kappa shape index (κ1) is 13.0. The predicted octanol–water partition coefficient (Wildman–Crippen LogP) is 0.940. The first-order chi connectivity index (χ1) is 7.57. The van der Waals surface area contributed by atoms with Gasteiger partial charge in [0.25, 0.3) is 0 Å². The van der Waals surface area contributed by atoms with Crippen LogP contribution in [-0.4, -0.2) is 34.7 Å². The number of rotatable bonds is 8. The molecule has 5 nitrogen and oxygen atoms in total. The topological polar surface area (TPSA) is 86.6 Å². The summed E-state index contributed by atoms with van der Waals surface area (Å²) in [4.78, 5) is 21.2. The van der Waals surface area contributed by atoms with Crippen molar-refractivity contribution in [3.05, 3.63) is 0 Å². The Morgan fingerprint density at radius 2 is 1.94 bits per heavy atom. The summed E-state index contributed by atoms with van der Waals surface area (Å²) in [6.07, 6.45) is 4.12. The van der Waals surface area contributed by atoms with Gasteiger partial charge in [-0.1, -0.05) is 26.2 Å². The van der Waals surface area contributed by atoms with E-state index >= 15 is 0 Å². The van der Waals surface area contributed by atoms with E-state index in [9.17, 15) is 9.59 Å². The van der Waals surface area contributed by atoms with Crippen molar-refractivity contribution in [3.8, 4) is 0 Å². The van der Waals surface area contributed by atoms with E-state index < -0.39 is 17.9 Å². The number of nitrogens with one attached hydrogen (secondary N) is 1. The second-order valence-electron chi connectivity index (χ2n) is 4.32. The van der Waals surface area contributed by atoms with Gasteiger partial charge >= 0.3 is 11.9 Å².